The van der Waals surface area contributed by atoms with E-state index < -0.39 is 0 Å². The van der Waals surface area contributed by atoms with Crippen molar-refractivity contribution in [2.24, 2.45) is 0 Å². The van der Waals surface area contributed by atoms with Crippen molar-refractivity contribution in [3.8, 4) is 17.6 Å². The molecule has 334 valence electrons. The highest BCUT2D eigenvalue weighted by Crippen LogP contribution is 2.45. The molecule has 0 spiro atoms. The highest BCUT2D eigenvalue weighted by molar-refractivity contribution is 6.13. The van der Waals surface area contributed by atoms with E-state index in [4.69, 9.17) is 19.9 Å². The SMILES string of the molecule is c1ccc(N(c2ccc3c4ccccc4n(-c4ccccn4)c3c2)c2ccc3c4ccc(N(c5ccccc5)c5ccc6c7ccccc7n(-c7ccccn7)c6c5)cc4n(-c4ncccn4)c3c2)cc1. The normalized spacial score (nSPS) is 11.7. The van der Waals surface area contributed by atoms with Crippen LogP contribution in [-0.4, -0.2) is 33.6 Å². The maximum absolute atomic E-state index is 4.90. The molecule has 0 saturated carbocycles. The first kappa shape index (κ1) is 40.2. The summed E-state index contributed by atoms with van der Waals surface area (Å²) in [6.45, 7) is 0. The van der Waals surface area contributed by atoms with Gasteiger partial charge in [0.2, 0.25) is 5.95 Å². The summed E-state index contributed by atoms with van der Waals surface area (Å²) in [6.07, 6.45) is 7.33. The molecule has 71 heavy (non-hydrogen) atoms. The van der Waals surface area contributed by atoms with Gasteiger partial charge in [0.25, 0.3) is 0 Å². The smallest absolute Gasteiger partial charge is 0.234 e. The number of hydrogen-bond acceptors (Lipinski definition) is 6. The zero-order valence-corrected chi connectivity index (χ0v) is 38.2. The van der Waals surface area contributed by atoms with Crippen molar-refractivity contribution < 1.29 is 0 Å². The van der Waals surface area contributed by atoms with Gasteiger partial charge in [-0.3, -0.25) is 13.7 Å². The van der Waals surface area contributed by atoms with E-state index in [0.29, 0.717) is 5.95 Å². The number of nitrogens with zero attached hydrogens (tertiary/aromatic N) is 9. The lowest BCUT2D eigenvalue weighted by molar-refractivity contribution is 0.988. The van der Waals surface area contributed by atoms with Crippen molar-refractivity contribution in [2.45, 2.75) is 0 Å². The minimum atomic E-state index is 0.585. The largest absolute Gasteiger partial charge is 0.310 e. The van der Waals surface area contributed by atoms with Crippen molar-refractivity contribution in [2.75, 3.05) is 9.80 Å². The third-order valence-corrected chi connectivity index (χ3v) is 13.6. The summed E-state index contributed by atoms with van der Waals surface area (Å²) in [7, 11) is 0. The average molecular weight is 912 g/mol. The standard InChI is InChI=1S/C62H41N9/c1-3-16-42(17-4-1)67(44-26-30-50-48-20-7-9-22-54(48)69(56(50)38-44)60-24-11-13-34-63-60)46-28-32-52-53-33-29-47(41-59(53)71(58(52)40-46)62-65-36-15-37-66-62)68(43-18-5-2-6-19-43)45-27-31-51-49-21-8-10-23-55(49)70(57(51)39-45)61-25-12-14-35-64-61/h1-41H. The molecule has 9 heteroatoms. The summed E-state index contributed by atoms with van der Waals surface area (Å²) >= 11 is 0. The van der Waals surface area contributed by atoms with Gasteiger partial charge in [0.1, 0.15) is 11.6 Å². The number of hydrogen-bond donors (Lipinski definition) is 0. The molecule has 14 rings (SSSR count). The fourth-order valence-electron chi connectivity index (χ4n) is 10.6. The molecule has 0 bridgehead atoms. The molecule has 0 aliphatic rings. The van der Waals surface area contributed by atoms with Gasteiger partial charge in [0, 0.05) is 91.2 Å². The van der Waals surface area contributed by atoms with E-state index in [9.17, 15) is 0 Å². The molecular weight excluding hydrogens is 871 g/mol. The van der Waals surface area contributed by atoms with Gasteiger partial charge < -0.3 is 9.80 Å². The van der Waals surface area contributed by atoms with E-state index in [1.165, 1.54) is 10.8 Å². The molecule has 0 aliphatic carbocycles. The van der Waals surface area contributed by atoms with Crippen LogP contribution in [0.25, 0.3) is 83.0 Å². The molecule has 6 heterocycles. The average Bonchev–Trinajstić information content (AvgIpc) is 4.07. The molecule has 0 saturated heterocycles. The van der Waals surface area contributed by atoms with Gasteiger partial charge >= 0.3 is 0 Å². The van der Waals surface area contributed by atoms with Gasteiger partial charge in [-0.1, -0.05) is 109 Å². The minimum Gasteiger partial charge on any atom is -0.310 e. The van der Waals surface area contributed by atoms with Crippen LogP contribution in [0.15, 0.2) is 249 Å². The number of fused-ring (bicyclic) bond motifs is 9. The molecule has 0 N–H and O–H groups in total. The second-order valence-corrected chi connectivity index (χ2v) is 17.6. The number of benzene rings is 8. The third-order valence-electron chi connectivity index (χ3n) is 13.6. The van der Waals surface area contributed by atoms with Crippen molar-refractivity contribution in [3.63, 3.8) is 0 Å². The van der Waals surface area contributed by atoms with Crippen LogP contribution in [-0.2, 0) is 0 Å². The fraction of sp³-hybridized carbons (Fsp3) is 0. The molecule has 0 fully saturated rings. The first-order chi connectivity index (χ1) is 35.2. The van der Waals surface area contributed by atoms with Gasteiger partial charge in [-0.25, -0.2) is 19.9 Å². The van der Waals surface area contributed by atoms with E-state index in [0.717, 1.165) is 100 Å². The first-order valence-electron chi connectivity index (χ1n) is 23.7. The van der Waals surface area contributed by atoms with Crippen LogP contribution in [0.3, 0.4) is 0 Å². The predicted molar refractivity (Wildman–Crippen MR) is 290 cm³/mol. The summed E-state index contributed by atoms with van der Waals surface area (Å²) in [4.78, 5) is 24.1. The number of aromatic nitrogens is 7. The van der Waals surface area contributed by atoms with Crippen molar-refractivity contribution in [3.05, 3.63) is 249 Å². The topological polar surface area (TPSA) is 72.8 Å². The van der Waals surface area contributed by atoms with Crippen LogP contribution in [0.2, 0.25) is 0 Å². The maximum Gasteiger partial charge on any atom is 0.234 e. The molecule has 8 aromatic carbocycles. The van der Waals surface area contributed by atoms with Crippen LogP contribution < -0.4 is 9.80 Å². The van der Waals surface area contributed by atoms with Gasteiger partial charge in [-0.2, -0.15) is 0 Å². The Labute approximate surface area is 408 Å². The Morgan fingerprint density at radius 2 is 0.577 bits per heavy atom. The molecule has 0 radical (unpaired) electrons. The summed E-state index contributed by atoms with van der Waals surface area (Å²) < 4.78 is 6.73. The Balaban J connectivity index is 0.974. The Hall–Kier alpha value is -9.86. The van der Waals surface area contributed by atoms with E-state index in [1.807, 2.05) is 55.1 Å². The van der Waals surface area contributed by atoms with Gasteiger partial charge in [-0.05, 0) is 115 Å². The fourth-order valence-corrected chi connectivity index (χ4v) is 10.6. The summed E-state index contributed by atoms with van der Waals surface area (Å²) in [5, 5.41) is 6.87. The molecule has 9 nitrogen and oxygen atoms in total. The Kier molecular flexibility index (Phi) is 9.31. The van der Waals surface area contributed by atoms with Crippen LogP contribution in [0.5, 0.6) is 0 Å². The minimum absolute atomic E-state index is 0.585. The zero-order valence-electron chi connectivity index (χ0n) is 38.2. The van der Waals surface area contributed by atoms with Crippen LogP contribution in [0.4, 0.5) is 34.1 Å². The van der Waals surface area contributed by atoms with E-state index in [-0.39, 0.29) is 0 Å². The van der Waals surface area contributed by atoms with Crippen molar-refractivity contribution in [1.82, 2.24) is 33.6 Å². The molecule has 0 amide bonds. The summed E-state index contributed by atoms with van der Waals surface area (Å²) in [6, 6.07) is 79.2. The van der Waals surface area contributed by atoms with Crippen LogP contribution >= 0.6 is 0 Å². The zero-order chi connectivity index (χ0) is 46.8. The highest BCUT2D eigenvalue weighted by Gasteiger charge is 2.23. The number of rotatable bonds is 9. The van der Waals surface area contributed by atoms with Crippen LogP contribution in [0, 0.1) is 0 Å². The Morgan fingerprint density at radius 1 is 0.239 bits per heavy atom. The Bertz CT molecular complexity index is 4020. The lowest BCUT2D eigenvalue weighted by Gasteiger charge is -2.26. The molecule has 0 unspecified atom stereocenters. The molecule has 6 aromatic heterocycles. The van der Waals surface area contributed by atoms with Crippen molar-refractivity contribution in [1.29, 1.82) is 0 Å². The van der Waals surface area contributed by atoms with Crippen LogP contribution in [0.1, 0.15) is 0 Å². The monoisotopic (exact) mass is 911 g/mol. The Morgan fingerprint density at radius 3 is 0.972 bits per heavy atom. The second kappa shape index (κ2) is 16.4. The number of para-hydroxylation sites is 4. The maximum atomic E-state index is 4.90. The quantitative estimate of drug-likeness (QED) is 0.144. The third kappa shape index (κ3) is 6.55. The van der Waals surface area contributed by atoms with Gasteiger partial charge in [-0.15, -0.1) is 0 Å². The van der Waals surface area contributed by atoms with E-state index in [2.05, 4.69) is 218 Å². The van der Waals surface area contributed by atoms with Gasteiger partial charge in [0.05, 0.1) is 33.1 Å². The number of pyridine rings is 2. The summed E-state index contributed by atoms with van der Waals surface area (Å²) in [5.41, 5.74) is 12.4. The molecule has 0 aliphatic heterocycles. The predicted octanol–water partition coefficient (Wildman–Crippen LogP) is 15.5. The highest BCUT2D eigenvalue weighted by atomic mass is 15.2. The molecule has 14 aromatic rings. The lowest BCUT2D eigenvalue weighted by Crippen LogP contribution is -2.11. The van der Waals surface area contributed by atoms with E-state index >= 15 is 0 Å². The summed E-state index contributed by atoms with van der Waals surface area (Å²) in [5.74, 6) is 2.32. The van der Waals surface area contributed by atoms with Gasteiger partial charge in [0.15, 0.2) is 0 Å². The number of anilines is 6. The molecule has 0 atom stereocenters. The first-order valence-corrected chi connectivity index (χ1v) is 23.7. The van der Waals surface area contributed by atoms with E-state index in [1.54, 1.807) is 0 Å². The second-order valence-electron chi connectivity index (χ2n) is 17.6. The molecular formula is C62H41N9. The van der Waals surface area contributed by atoms with Crippen molar-refractivity contribution >= 4 is 99.5 Å². The lowest BCUT2D eigenvalue weighted by atomic mass is 10.1.